The second-order valence-electron chi connectivity index (χ2n) is 5.20. The maximum atomic E-state index is 13.2. The lowest BCUT2D eigenvalue weighted by molar-refractivity contribution is 0.0600. The van der Waals surface area contributed by atoms with E-state index in [0.717, 1.165) is 22.6 Å². The van der Waals surface area contributed by atoms with Crippen LogP contribution in [0.15, 0.2) is 60.7 Å². The average molecular weight is 309 g/mol. The Morgan fingerprint density at radius 1 is 1.04 bits per heavy atom. The van der Waals surface area contributed by atoms with Crippen LogP contribution in [-0.2, 0) is 4.74 Å². The minimum absolute atomic E-state index is 0.298. The van der Waals surface area contributed by atoms with Gasteiger partial charge in [0.1, 0.15) is 5.82 Å². The molecule has 0 amide bonds. The van der Waals surface area contributed by atoms with Crippen LogP contribution in [0.2, 0.25) is 0 Å². The number of aromatic nitrogens is 1. The molecule has 116 valence electrons. The molecular formula is C19H16FNO2. The van der Waals surface area contributed by atoms with Crippen molar-refractivity contribution < 1.29 is 13.9 Å². The van der Waals surface area contributed by atoms with Crippen molar-refractivity contribution in [1.82, 2.24) is 4.57 Å². The highest BCUT2D eigenvalue weighted by molar-refractivity contribution is 5.93. The summed E-state index contributed by atoms with van der Waals surface area (Å²) in [6.45, 7) is 1.85. The SMILES string of the molecule is COC(=O)c1cc(-c2ccccc2)n(-c2ccc(F)cc2)c1C. The molecule has 0 unspecified atom stereocenters. The molecule has 0 saturated heterocycles. The smallest absolute Gasteiger partial charge is 0.339 e. The van der Waals surface area contributed by atoms with E-state index in [2.05, 4.69) is 0 Å². The molecule has 0 aliphatic carbocycles. The first-order valence-electron chi connectivity index (χ1n) is 7.24. The van der Waals surface area contributed by atoms with Gasteiger partial charge in [0.15, 0.2) is 0 Å². The number of esters is 1. The molecular weight excluding hydrogens is 293 g/mol. The molecule has 0 spiro atoms. The Hall–Kier alpha value is -2.88. The number of halogens is 1. The summed E-state index contributed by atoms with van der Waals surface area (Å²) >= 11 is 0. The summed E-state index contributed by atoms with van der Waals surface area (Å²) in [4.78, 5) is 12.0. The van der Waals surface area contributed by atoms with Crippen LogP contribution in [0.25, 0.3) is 16.9 Å². The first-order chi connectivity index (χ1) is 11.1. The fourth-order valence-electron chi connectivity index (χ4n) is 2.67. The molecule has 0 radical (unpaired) electrons. The maximum absolute atomic E-state index is 13.2. The summed E-state index contributed by atoms with van der Waals surface area (Å²) in [6, 6.07) is 17.7. The third kappa shape index (κ3) is 2.75. The van der Waals surface area contributed by atoms with Crippen LogP contribution in [0.5, 0.6) is 0 Å². The molecule has 0 bridgehead atoms. The topological polar surface area (TPSA) is 31.2 Å². The number of rotatable bonds is 3. The molecule has 3 aromatic rings. The predicted octanol–water partition coefficient (Wildman–Crippen LogP) is 4.38. The summed E-state index contributed by atoms with van der Waals surface area (Å²) in [5, 5.41) is 0. The average Bonchev–Trinajstić information content (AvgIpc) is 2.93. The number of hydrogen-bond donors (Lipinski definition) is 0. The van der Waals surface area contributed by atoms with Crippen LogP contribution in [0, 0.1) is 12.7 Å². The van der Waals surface area contributed by atoms with Gasteiger partial charge >= 0.3 is 5.97 Å². The summed E-state index contributed by atoms with van der Waals surface area (Å²) in [5.41, 5.74) is 3.86. The number of methoxy groups -OCH3 is 1. The van der Waals surface area contributed by atoms with E-state index >= 15 is 0 Å². The Kier molecular flexibility index (Phi) is 3.98. The number of nitrogens with zero attached hydrogens (tertiary/aromatic N) is 1. The summed E-state index contributed by atoms with van der Waals surface area (Å²) in [7, 11) is 1.36. The maximum Gasteiger partial charge on any atom is 0.339 e. The molecule has 0 saturated carbocycles. The molecule has 1 aromatic heterocycles. The van der Waals surface area contributed by atoms with E-state index in [4.69, 9.17) is 4.74 Å². The third-order valence-electron chi connectivity index (χ3n) is 3.81. The molecule has 0 aliphatic rings. The Labute approximate surface area is 134 Å². The number of ether oxygens (including phenoxy) is 1. The second-order valence-corrected chi connectivity index (χ2v) is 5.20. The van der Waals surface area contributed by atoms with Gasteiger partial charge in [0.25, 0.3) is 0 Å². The second kappa shape index (κ2) is 6.08. The molecule has 0 aliphatic heterocycles. The van der Waals surface area contributed by atoms with E-state index in [9.17, 15) is 9.18 Å². The highest BCUT2D eigenvalue weighted by atomic mass is 19.1. The Morgan fingerprint density at radius 3 is 2.30 bits per heavy atom. The monoisotopic (exact) mass is 309 g/mol. The van der Waals surface area contributed by atoms with Crippen LogP contribution in [0.1, 0.15) is 16.1 Å². The standard InChI is InChI=1S/C19H16FNO2/c1-13-17(19(22)23-2)12-18(14-6-4-3-5-7-14)21(13)16-10-8-15(20)9-11-16/h3-12H,1-2H3. The van der Waals surface area contributed by atoms with Crippen LogP contribution in [0.4, 0.5) is 4.39 Å². The molecule has 3 rings (SSSR count). The highest BCUT2D eigenvalue weighted by Crippen LogP contribution is 2.29. The van der Waals surface area contributed by atoms with Gasteiger partial charge in [-0.1, -0.05) is 30.3 Å². The summed E-state index contributed by atoms with van der Waals surface area (Å²) in [5.74, 6) is -0.687. The lowest BCUT2D eigenvalue weighted by Crippen LogP contribution is -2.04. The van der Waals surface area contributed by atoms with Gasteiger partial charge < -0.3 is 9.30 Å². The van der Waals surface area contributed by atoms with Crippen molar-refractivity contribution in [2.45, 2.75) is 6.92 Å². The van der Waals surface area contributed by atoms with Crippen molar-refractivity contribution in [3.63, 3.8) is 0 Å². The molecule has 2 aromatic carbocycles. The zero-order valence-corrected chi connectivity index (χ0v) is 12.9. The fraction of sp³-hybridized carbons (Fsp3) is 0.105. The van der Waals surface area contributed by atoms with Crippen LogP contribution >= 0.6 is 0 Å². The molecule has 3 nitrogen and oxygen atoms in total. The van der Waals surface area contributed by atoms with E-state index in [1.54, 1.807) is 18.2 Å². The first-order valence-corrected chi connectivity index (χ1v) is 7.24. The Bertz CT molecular complexity index is 836. The van der Waals surface area contributed by atoms with E-state index < -0.39 is 0 Å². The lowest BCUT2D eigenvalue weighted by Gasteiger charge is -2.12. The first kappa shape index (κ1) is 15.0. The van der Waals surface area contributed by atoms with E-state index in [-0.39, 0.29) is 11.8 Å². The minimum Gasteiger partial charge on any atom is -0.465 e. The molecule has 23 heavy (non-hydrogen) atoms. The Balaban J connectivity index is 2.25. The normalized spacial score (nSPS) is 10.6. The number of carbonyl (C=O) groups excluding carboxylic acids is 1. The lowest BCUT2D eigenvalue weighted by atomic mass is 10.1. The van der Waals surface area contributed by atoms with Gasteiger partial charge in [-0.2, -0.15) is 0 Å². The molecule has 4 heteroatoms. The van der Waals surface area contributed by atoms with Crippen molar-refractivity contribution in [2.75, 3.05) is 7.11 Å². The van der Waals surface area contributed by atoms with Crippen LogP contribution in [-0.4, -0.2) is 17.6 Å². The molecule has 0 atom stereocenters. The number of benzene rings is 2. The van der Waals surface area contributed by atoms with Crippen molar-refractivity contribution in [1.29, 1.82) is 0 Å². The van der Waals surface area contributed by atoms with Crippen molar-refractivity contribution in [3.8, 4) is 16.9 Å². The molecule has 1 heterocycles. The number of hydrogen-bond acceptors (Lipinski definition) is 2. The van der Waals surface area contributed by atoms with E-state index in [1.807, 2.05) is 41.8 Å². The zero-order valence-electron chi connectivity index (χ0n) is 12.9. The zero-order chi connectivity index (χ0) is 16.4. The van der Waals surface area contributed by atoms with Gasteiger partial charge in [0.05, 0.1) is 18.4 Å². The van der Waals surface area contributed by atoms with Crippen molar-refractivity contribution in [3.05, 3.63) is 77.7 Å². The van der Waals surface area contributed by atoms with Crippen LogP contribution in [0.3, 0.4) is 0 Å². The van der Waals surface area contributed by atoms with E-state index in [1.165, 1.54) is 19.2 Å². The third-order valence-corrected chi connectivity index (χ3v) is 3.81. The summed E-state index contributed by atoms with van der Waals surface area (Å²) < 4.78 is 20.0. The quantitative estimate of drug-likeness (QED) is 0.672. The Morgan fingerprint density at radius 2 is 1.70 bits per heavy atom. The van der Waals surface area contributed by atoms with Gasteiger partial charge in [-0.3, -0.25) is 0 Å². The predicted molar refractivity (Wildman–Crippen MR) is 87.2 cm³/mol. The minimum atomic E-state index is -0.388. The van der Waals surface area contributed by atoms with Gasteiger partial charge in [-0.05, 0) is 42.8 Å². The molecule has 0 N–H and O–H groups in total. The van der Waals surface area contributed by atoms with Gasteiger partial charge in [-0.25, -0.2) is 9.18 Å². The van der Waals surface area contributed by atoms with Crippen molar-refractivity contribution >= 4 is 5.97 Å². The molecule has 0 fully saturated rings. The fourth-order valence-corrected chi connectivity index (χ4v) is 2.67. The largest absolute Gasteiger partial charge is 0.465 e. The van der Waals surface area contributed by atoms with Gasteiger partial charge in [-0.15, -0.1) is 0 Å². The highest BCUT2D eigenvalue weighted by Gasteiger charge is 2.19. The van der Waals surface area contributed by atoms with Gasteiger partial charge in [0, 0.05) is 11.4 Å². The van der Waals surface area contributed by atoms with E-state index in [0.29, 0.717) is 5.56 Å². The van der Waals surface area contributed by atoms with Crippen LogP contribution < -0.4 is 0 Å². The summed E-state index contributed by atoms with van der Waals surface area (Å²) in [6.07, 6.45) is 0. The van der Waals surface area contributed by atoms with Crippen molar-refractivity contribution in [2.24, 2.45) is 0 Å². The van der Waals surface area contributed by atoms with Gasteiger partial charge in [0.2, 0.25) is 0 Å². The number of carbonyl (C=O) groups is 1.